The van der Waals surface area contributed by atoms with E-state index in [9.17, 15) is 5.02 Å². The first-order chi connectivity index (χ1) is 9.74. The summed E-state index contributed by atoms with van der Waals surface area (Å²) >= 11 is 0. The van der Waals surface area contributed by atoms with Gasteiger partial charge in [-0.25, -0.2) is 4.98 Å². The first-order valence-electron chi connectivity index (χ1n) is 7.15. The summed E-state index contributed by atoms with van der Waals surface area (Å²) < 4.78 is 0. The summed E-state index contributed by atoms with van der Waals surface area (Å²) in [7, 11) is 4.01. The molecule has 2 aromatic rings. The van der Waals surface area contributed by atoms with Gasteiger partial charge in [0.1, 0.15) is 5.65 Å². The SMILES string of the molecule is [CH2-]N1CCC(C2=CB(O)c3cnc4[nH]ccc4c32)CC1.[Rb+]. The van der Waals surface area contributed by atoms with Crippen molar-refractivity contribution < 1.29 is 63.2 Å². The van der Waals surface area contributed by atoms with Gasteiger partial charge in [-0.15, -0.1) is 0 Å². The molecule has 0 saturated carbocycles. The summed E-state index contributed by atoms with van der Waals surface area (Å²) in [6.45, 7) is 1.54. The number of aromatic nitrogens is 2. The maximum Gasteiger partial charge on any atom is 1.00 e. The summed E-state index contributed by atoms with van der Waals surface area (Å²) in [6, 6.07) is 2.06. The molecule has 4 nitrogen and oxygen atoms in total. The number of fused-ring (bicyclic) bond motifs is 3. The molecule has 0 unspecified atom stereocenters. The predicted molar refractivity (Wildman–Crippen MR) is 81.3 cm³/mol. The molecule has 0 amide bonds. The number of aromatic amines is 1. The molecule has 0 aromatic carbocycles. The maximum absolute atomic E-state index is 10.3. The number of hydrogen-bond acceptors (Lipinski definition) is 3. The van der Waals surface area contributed by atoms with Crippen LogP contribution < -0.4 is 63.7 Å². The topological polar surface area (TPSA) is 52.1 Å². The number of hydrogen-bond donors (Lipinski definition) is 2. The minimum absolute atomic E-state index is 0. The largest absolute Gasteiger partial charge is 1.00 e. The van der Waals surface area contributed by atoms with E-state index in [0.717, 1.165) is 42.4 Å². The van der Waals surface area contributed by atoms with Gasteiger partial charge < -0.3 is 14.9 Å². The Morgan fingerprint density at radius 2 is 2.14 bits per heavy atom. The van der Waals surface area contributed by atoms with Gasteiger partial charge in [-0.05, 0) is 54.5 Å². The molecule has 6 heteroatoms. The van der Waals surface area contributed by atoms with Crippen molar-refractivity contribution in [3.63, 3.8) is 0 Å². The van der Waals surface area contributed by atoms with E-state index < -0.39 is 6.92 Å². The zero-order valence-corrected chi connectivity index (χ0v) is 17.3. The smallest absolute Gasteiger partial charge is 0.459 e. The Bertz CT molecular complexity index is 691. The first-order valence-corrected chi connectivity index (χ1v) is 7.15. The van der Waals surface area contributed by atoms with Crippen LogP contribution in [0, 0.1) is 13.0 Å². The van der Waals surface area contributed by atoms with Crippen molar-refractivity contribution in [1.82, 2.24) is 14.9 Å². The molecular formula is C15H17BN3ORb. The summed E-state index contributed by atoms with van der Waals surface area (Å²) in [5, 5.41) is 11.4. The standard InChI is InChI=1S/C15H17BN3O.Rb/c1-19-6-3-10(4-7-19)12-8-16(20)13-9-18-15-11(14(12)13)2-5-17-15;/h2,5,8-10,20H,1,3-4,6-7H2,(H,17,18);/q-1;+1. The molecule has 0 bridgehead atoms. The summed E-state index contributed by atoms with van der Waals surface area (Å²) in [5.41, 5.74) is 4.35. The van der Waals surface area contributed by atoms with Crippen molar-refractivity contribution >= 4 is 29.0 Å². The molecule has 4 rings (SSSR count). The van der Waals surface area contributed by atoms with E-state index in [1.807, 2.05) is 12.2 Å². The number of pyridine rings is 1. The quantitative estimate of drug-likeness (QED) is 0.471. The van der Waals surface area contributed by atoms with Crippen LogP contribution in [0.25, 0.3) is 16.6 Å². The van der Waals surface area contributed by atoms with Gasteiger partial charge in [0.25, 0.3) is 0 Å². The molecule has 0 aliphatic carbocycles. The Labute approximate surface area is 173 Å². The predicted octanol–water partition coefficient (Wildman–Crippen LogP) is -1.80. The zero-order valence-electron chi connectivity index (χ0n) is 12.3. The molecule has 1 fully saturated rings. The molecule has 1 saturated heterocycles. The Kier molecular flexibility index (Phi) is 4.89. The van der Waals surface area contributed by atoms with E-state index in [-0.39, 0.29) is 58.2 Å². The first kappa shape index (κ1) is 16.1. The third-order valence-corrected chi connectivity index (χ3v) is 4.59. The van der Waals surface area contributed by atoms with Gasteiger partial charge in [0, 0.05) is 17.8 Å². The molecule has 2 aromatic heterocycles. The second-order valence-electron chi connectivity index (χ2n) is 5.79. The molecule has 0 atom stereocenters. The number of allylic oxidation sites excluding steroid dienone is 1. The minimum Gasteiger partial charge on any atom is -0.459 e. The molecule has 102 valence electrons. The molecule has 2 aliphatic rings. The van der Waals surface area contributed by atoms with E-state index >= 15 is 0 Å². The van der Waals surface area contributed by atoms with Crippen molar-refractivity contribution in [3.05, 3.63) is 37.0 Å². The van der Waals surface area contributed by atoms with Crippen molar-refractivity contribution in [2.24, 2.45) is 5.92 Å². The van der Waals surface area contributed by atoms with E-state index in [4.69, 9.17) is 0 Å². The van der Waals surface area contributed by atoms with Gasteiger partial charge in [0.05, 0.1) is 0 Å². The van der Waals surface area contributed by atoms with Gasteiger partial charge in [-0.1, -0.05) is 5.98 Å². The average molecular weight is 352 g/mol. The normalized spacial score (nSPS) is 19.5. The van der Waals surface area contributed by atoms with Gasteiger partial charge in [0.15, 0.2) is 0 Å². The number of piperidine rings is 1. The van der Waals surface area contributed by atoms with Gasteiger partial charge in [0.2, 0.25) is 0 Å². The number of nitrogens with one attached hydrogen (secondary N) is 1. The number of rotatable bonds is 1. The number of nitrogens with zero attached hydrogens (tertiary/aromatic N) is 2. The molecule has 0 radical (unpaired) electrons. The van der Waals surface area contributed by atoms with Crippen LogP contribution in [0.5, 0.6) is 0 Å². The molecule has 4 heterocycles. The minimum atomic E-state index is -0.510. The fourth-order valence-electron chi connectivity index (χ4n) is 3.50. The van der Waals surface area contributed by atoms with Crippen LogP contribution in [0.2, 0.25) is 0 Å². The van der Waals surface area contributed by atoms with Crippen LogP contribution in [-0.2, 0) is 0 Å². The van der Waals surface area contributed by atoms with Crippen molar-refractivity contribution in [2.45, 2.75) is 12.8 Å². The Morgan fingerprint density at radius 3 is 2.90 bits per heavy atom. The van der Waals surface area contributed by atoms with Crippen LogP contribution >= 0.6 is 0 Å². The molecule has 2 aliphatic heterocycles. The molecule has 0 spiro atoms. The fraction of sp³-hybridized carbons (Fsp3) is 0.333. The number of H-pyrrole nitrogens is 1. The van der Waals surface area contributed by atoms with Crippen molar-refractivity contribution in [2.75, 3.05) is 13.1 Å². The van der Waals surface area contributed by atoms with E-state index in [2.05, 4.69) is 28.0 Å². The second kappa shape index (κ2) is 6.38. The van der Waals surface area contributed by atoms with Crippen LogP contribution in [0.4, 0.5) is 0 Å². The third kappa shape index (κ3) is 2.77. The monoisotopic (exact) mass is 351 g/mol. The van der Waals surface area contributed by atoms with Gasteiger partial charge in [-0.3, -0.25) is 7.05 Å². The molecular weight excluding hydrogens is 334 g/mol. The van der Waals surface area contributed by atoms with Crippen LogP contribution in [0.15, 0.2) is 24.4 Å². The third-order valence-electron chi connectivity index (χ3n) is 4.59. The zero-order chi connectivity index (χ0) is 13.7. The second-order valence-corrected chi connectivity index (χ2v) is 5.79. The van der Waals surface area contributed by atoms with Gasteiger partial charge >= 0.3 is 65.1 Å². The van der Waals surface area contributed by atoms with E-state index in [1.165, 1.54) is 11.1 Å². The Hall–Kier alpha value is 0.220. The van der Waals surface area contributed by atoms with Crippen LogP contribution in [-0.4, -0.2) is 39.9 Å². The fourth-order valence-corrected chi connectivity index (χ4v) is 3.50. The molecule has 2 N–H and O–H groups in total. The summed E-state index contributed by atoms with van der Waals surface area (Å²) in [4.78, 5) is 9.67. The Morgan fingerprint density at radius 1 is 1.38 bits per heavy atom. The Balaban J connectivity index is 0.00000132. The van der Waals surface area contributed by atoms with E-state index in [1.54, 1.807) is 6.20 Å². The average Bonchev–Trinajstić information content (AvgIpc) is 3.04. The maximum atomic E-state index is 10.3. The van der Waals surface area contributed by atoms with Crippen molar-refractivity contribution in [1.29, 1.82) is 0 Å². The summed E-state index contributed by atoms with van der Waals surface area (Å²) in [5.74, 6) is 2.53. The summed E-state index contributed by atoms with van der Waals surface area (Å²) in [6.07, 6.45) is 5.93. The molecule has 21 heavy (non-hydrogen) atoms. The van der Waals surface area contributed by atoms with E-state index in [0.29, 0.717) is 5.92 Å². The van der Waals surface area contributed by atoms with Crippen LogP contribution in [0.1, 0.15) is 18.4 Å². The van der Waals surface area contributed by atoms with Gasteiger partial charge in [-0.2, -0.15) is 0 Å². The van der Waals surface area contributed by atoms with Crippen LogP contribution in [0.3, 0.4) is 0 Å². The van der Waals surface area contributed by atoms with Crippen molar-refractivity contribution in [3.8, 4) is 0 Å². The number of likely N-dealkylation sites (tertiary alicyclic amines) is 1.